The van der Waals surface area contributed by atoms with Crippen molar-refractivity contribution >= 4 is 5.91 Å². The number of hydrogen-bond acceptors (Lipinski definition) is 2. The first-order chi connectivity index (χ1) is 6.59. The number of nitrogens with two attached hydrogens (primary N) is 1. The summed E-state index contributed by atoms with van der Waals surface area (Å²) in [5, 5.41) is 2.79. The predicted octanol–water partition coefficient (Wildman–Crippen LogP) is 0.889. The molecule has 0 aromatic carbocycles. The van der Waals surface area contributed by atoms with Gasteiger partial charge in [0.05, 0.1) is 6.04 Å². The molecule has 0 aliphatic carbocycles. The first-order valence-corrected chi connectivity index (χ1v) is 5.06. The maximum absolute atomic E-state index is 11.3. The highest BCUT2D eigenvalue weighted by Crippen LogP contribution is 1.98. The Hall–Kier alpha value is -1.01. The summed E-state index contributed by atoms with van der Waals surface area (Å²) >= 11 is 0. The second-order valence-corrected chi connectivity index (χ2v) is 3.72. The quantitative estimate of drug-likeness (QED) is 0.489. The van der Waals surface area contributed by atoms with Gasteiger partial charge in [0.1, 0.15) is 0 Å². The molecule has 0 rings (SSSR count). The lowest BCUT2D eigenvalue weighted by atomic mass is 10.1. The van der Waals surface area contributed by atoms with Crippen molar-refractivity contribution in [3.05, 3.63) is 0 Å². The molecule has 3 nitrogen and oxygen atoms in total. The van der Waals surface area contributed by atoms with Crippen LogP contribution >= 0.6 is 0 Å². The Morgan fingerprint density at radius 2 is 2.14 bits per heavy atom. The van der Waals surface area contributed by atoms with Crippen molar-refractivity contribution in [2.45, 2.75) is 39.2 Å². The molecule has 0 saturated heterocycles. The van der Waals surface area contributed by atoms with Crippen LogP contribution < -0.4 is 11.1 Å². The number of unbranched alkanes of at least 4 members (excludes halogenated alkanes) is 2. The van der Waals surface area contributed by atoms with Crippen LogP contribution in [0.3, 0.4) is 0 Å². The van der Waals surface area contributed by atoms with E-state index in [1.807, 2.05) is 13.8 Å². The fourth-order valence-corrected chi connectivity index (χ4v) is 0.984. The van der Waals surface area contributed by atoms with E-state index in [4.69, 9.17) is 12.2 Å². The second-order valence-electron chi connectivity index (χ2n) is 3.72. The minimum absolute atomic E-state index is 0.0688. The molecule has 0 aliphatic rings. The minimum atomic E-state index is -0.400. The topological polar surface area (TPSA) is 55.1 Å². The number of carbonyl (C=O) groups is 1. The summed E-state index contributed by atoms with van der Waals surface area (Å²) in [6.45, 7) is 4.53. The van der Waals surface area contributed by atoms with Gasteiger partial charge in [0.25, 0.3) is 0 Å². The molecule has 0 saturated carbocycles. The zero-order chi connectivity index (χ0) is 11.0. The van der Waals surface area contributed by atoms with E-state index in [2.05, 4.69) is 11.2 Å². The van der Waals surface area contributed by atoms with Gasteiger partial charge in [-0.1, -0.05) is 13.8 Å². The smallest absolute Gasteiger partial charge is 0.237 e. The first kappa shape index (κ1) is 13.0. The highest BCUT2D eigenvalue weighted by Gasteiger charge is 2.15. The number of carbonyl (C=O) groups excluding carboxylic acids is 1. The van der Waals surface area contributed by atoms with Crippen LogP contribution in [0.25, 0.3) is 0 Å². The third-order valence-corrected chi connectivity index (χ3v) is 2.07. The molecule has 0 aromatic heterocycles. The van der Waals surface area contributed by atoms with Gasteiger partial charge in [-0.2, -0.15) is 0 Å². The molecule has 0 radical (unpaired) electrons. The maximum Gasteiger partial charge on any atom is 0.237 e. The SMILES string of the molecule is C#CCCCCNC(=O)[C@H](N)C(C)C. The van der Waals surface area contributed by atoms with Crippen molar-refractivity contribution < 1.29 is 4.79 Å². The Balaban J connectivity index is 3.50. The Bertz CT molecular complexity index is 206. The Labute approximate surface area is 86.4 Å². The van der Waals surface area contributed by atoms with E-state index in [1.165, 1.54) is 0 Å². The van der Waals surface area contributed by atoms with E-state index in [9.17, 15) is 4.79 Å². The number of amides is 1. The molecule has 80 valence electrons. The van der Waals surface area contributed by atoms with Crippen LogP contribution in [-0.4, -0.2) is 18.5 Å². The summed E-state index contributed by atoms with van der Waals surface area (Å²) in [6.07, 6.45) is 7.74. The molecular formula is C11H20N2O. The molecule has 14 heavy (non-hydrogen) atoms. The lowest BCUT2D eigenvalue weighted by molar-refractivity contribution is -0.123. The van der Waals surface area contributed by atoms with E-state index in [-0.39, 0.29) is 11.8 Å². The Morgan fingerprint density at radius 1 is 1.50 bits per heavy atom. The van der Waals surface area contributed by atoms with Crippen LogP contribution in [-0.2, 0) is 4.79 Å². The molecule has 1 atom stereocenters. The molecule has 3 N–H and O–H groups in total. The lowest BCUT2D eigenvalue weighted by Crippen LogP contribution is -2.44. The molecule has 0 fully saturated rings. The zero-order valence-corrected chi connectivity index (χ0v) is 9.05. The maximum atomic E-state index is 11.3. The summed E-state index contributed by atoms with van der Waals surface area (Å²) in [7, 11) is 0. The van der Waals surface area contributed by atoms with Crippen molar-refractivity contribution in [2.24, 2.45) is 11.7 Å². The van der Waals surface area contributed by atoms with Crippen LogP contribution in [0, 0.1) is 18.3 Å². The van der Waals surface area contributed by atoms with E-state index in [1.54, 1.807) is 0 Å². The van der Waals surface area contributed by atoms with Gasteiger partial charge in [-0.3, -0.25) is 4.79 Å². The summed E-state index contributed by atoms with van der Waals surface area (Å²) in [5.41, 5.74) is 5.66. The number of terminal acetylenes is 1. The van der Waals surface area contributed by atoms with Crippen LogP contribution in [0.15, 0.2) is 0 Å². The van der Waals surface area contributed by atoms with E-state index < -0.39 is 6.04 Å². The van der Waals surface area contributed by atoms with Gasteiger partial charge in [-0.05, 0) is 18.8 Å². The average molecular weight is 196 g/mol. The molecule has 3 heteroatoms. The van der Waals surface area contributed by atoms with Crippen LogP contribution in [0.1, 0.15) is 33.1 Å². The number of nitrogens with one attached hydrogen (secondary N) is 1. The summed E-state index contributed by atoms with van der Waals surface area (Å²) < 4.78 is 0. The first-order valence-electron chi connectivity index (χ1n) is 5.06. The van der Waals surface area contributed by atoms with Crippen molar-refractivity contribution in [1.29, 1.82) is 0 Å². The zero-order valence-electron chi connectivity index (χ0n) is 9.05. The third-order valence-electron chi connectivity index (χ3n) is 2.07. The van der Waals surface area contributed by atoms with Gasteiger partial charge >= 0.3 is 0 Å². The Kier molecular flexibility index (Phi) is 6.87. The molecule has 0 aromatic rings. The van der Waals surface area contributed by atoms with Crippen LogP contribution in [0.4, 0.5) is 0 Å². The molecule has 0 aliphatic heterocycles. The highest BCUT2D eigenvalue weighted by molar-refractivity contribution is 5.81. The number of hydrogen-bond donors (Lipinski definition) is 2. The largest absolute Gasteiger partial charge is 0.355 e. The van der Waals surface area contributed by atoms with Crippen molar-refractivity contribution in [2.75, 3.05) is 6.54 Å². The lowest BCUT2D eigenvalue weighted by Gasteiger charge is -2.14. The molecule has 0 unspecified atom stereocenters. The van der Waals surface area contributed by atoms with Crippen molar-refractivity contribution in [3.8, 4) is 12.3 Å². The van der Waals surface area contributed by atoms with Gasteiger partial charge in [0.15, 0.2) is 0 Å². The fraction of sp³-hybridized carbons (Fsp3) is 0.727. The molecular weight excluding hydrogens is 176 g/mol. The molecule has 0 heterocycles. The van der Waals surface area contributed by atoms with Crippen molar-refractivity contribution in [1.82, 2.24) is 5.32 Å². The van der Waals surface area contributed by atoms with E-state index in [0.29, 0.717) is 6.54 Å². The fourth-order valence-electron chi connectivity index (χ4n) is 0.984. The third kappa shape index (κ3) is 5.60. The van der Waals surface area contributed by atoms with E-state index in [0.717, 1.165) is 19.3 Å². The monoisotopic (exact) mass is 196 g/mol. The van der Waals surface area contributed by atoms with Gasteiger partial charge in [-0.15, -0.1) is 12.3 Å². The normalized spacial score (nSPS) is 12.2. The summed E-state index contributed by atoms with van der Waals surface area (Å²) in [6, 6.07) is -0.400. The standard InChI is InChI=1S/C11H20N2O/c1-4-5-6-7-8-13-11(14)10(12)9(2)3/h1,9-10H,5-8,12H2,2-3H3,(H,13,14)/t10-/m1/s1. The van der Waals surface area contributed by atoms with Crippen molar-refractivity contribution in [3.63, 3.8) is 0 Å². The average Bonchev–Trinajstić information content (AvgIpc) is 2.16. The Morgan fingerprint density at radius 3 is 2.64 bits per heavy atom. The summed E-state index contributed by atoms with van der Waals surface area (Å²) in [4.78, 5) is 11.3. The molecule has 1 amide bonds. The van der Waals surface area contributed by atoms with Crippen LogP contribution in [0.5, 0.6) is 0 Å². The predicted molar refractivity (Wildman–Crippen MR) is 58.5 cm³/mol. The second kappa shape index (κ2) is 7.40. The van der Waals surface area contributed by atoms with Crippen LogP contribution in [0.2, 0.25) is 0 Å². The van der Waals surface area contributed by atoms with Gasteiger partial charge in [0, 0.05) is 13.0 Å². The van der Waals surface area contributed by atoms with Gasteiger partial charge < -0.3 is 11.1 Å². The molecule has 0 spiro atoms. The van der Waals surface area contributed by atoms with Gasteiger partial charge in [0.2, 0.25) is 5.91 Å². The highest BCUT2D eigenvalue weighted by atomic mass is 16.2. The van der Waals surface area contributed by atoms with E-state index >= 15 is 0 Å². The number of rotatable bonds is 6. The summed E-state index contributed by atoms with van der Waals surface area (Å²) in [5.74, 6) is 2.67. The van der Waals surface area contributed by atoms with Gasteiger partial charge in [-0.25, -0.2) is 0 Å². The molecule has 0 bridgehead atoms. The minimum Gasteiger partial charge on any atom is -0.355 e.